The summed E-state index contributed by atoms with van der Waals surface area (Å²) >= 11 is 0. The fourth-order valence-electron chi connectivity index (χ4n) is 2.53. The molecule has 0 aliphatic carbocycles. The summed E-state index contributed by atoms with van der Waals surface area (Å²) in [4.78, 5) is 14.6. The van der Waals surface area contributed by atoms with Crippen LogP contribution in [0.25, 0.3) is 0 Å². The maximum Gasteiger partial charge on any atom is 0.257 e. The predicted molar refractivity (Wildman–Crippen MR) is 70.5 cm³/mol. The van der Waals surface area contributed by atoms with Gasteiger partial charge in [0, 0.05) is 18.3 Å². The monoisotopic (exact) mass is 250 g/mol. The predicted octanol–water partition coefficient (Wildman–Crippen LogP) is 1.32. The minimum Gasteiger partial charge on any atom is -0.335 e. The average molecular weight is 250 g/mol. The van der Waals surface area contributed by atoms with Crippen LogP contribution in [0.1, 0.15) is 42.2 Å². The highest BCUT2D eigenvalue weighted by Crippen LogP contribution is 2.17. The zero-order valence-electron chi connectivity index (χ0n) is 11.2. The zero-order chi connectivity index (χ0) is 13.0. The molecule has 0 radical (unpaired) electrons. The van der Waals surface area contributed by atoms with Gasteiger partial charge in [-0.25, -0.2) is 0 Å². The van der Waals surface area contributed by atoms with Crippen LogP contribution in [-0.4, -0.2) is 46.7 Å². The lowest BCUT2D eigenvalue weighted by atomic mass is 10.0. The quantitative estimate of drug-likeness (QED) is 0.847. The number of nitrogens with one attached hydrogen (secondary N) is 2. The smallest absolute Gasteiger partial charge is 0.257 e. The van der Waals surface area contributed by atoms with E-state index in [0.29, 0.717) is 11.6 Å². The van der Waals surface area contributed by atoms with Crippen molar-refractivity contribution in [2.75, 3.05) is 19.6 Å². The van der Waals surface area contributed by atoms with Crippen molar-refractivity contribution in [3.8, 4) is 0 Å². The van der Waals surface area contributed by atoms with Gasteiger partial charge in [0.1, 0.15) is 0 Å². The van der Waals surface area contributed by atoms with Gasteiger partial charge in [-0.05, 0) is 39.3 Å². The molecule has 2 heterocycles. The van der Waals surface area contributed by atoms with Gasteiger partial charge in [-0.1, -0.05) is 6.92 Å². The van der Waals surface area contributed by atoms with Crippen molar-refractivity contribution in [1.29, 1.82) is 0 Å². The lowest BCUT2D eigenvalue weighted by molar-refractivity contribution is 0.0642. The molecule has 1 aliphatic heterocycles. The number of aryl methyl sites for hydroxylation is 1. The van der Waals surface area contributed by atoms with Crippen LogP contribution >= 0.6 is 0 Å². The molecule has 1 aliphatic rings. The highest BCUT2D eigenvalue weighted by atomic mass is 16.2. The second kappa shape index (κ2) is 6.00. The van der Waals surface area contributed by atoms with Gasteiger partial charge in [-0.15, -0.1) is 0 Å². The fraction of sp³-hybridized carbons (Fsp3) is 0.692. The Kier molecular flexibility index (Phi) is 4.36. The van der Waals surface area contributed by atoms with Crippen molar-refractivity contribution in [1.82, 2.24) is 20.4 Å². The van der Waals surface area contributed by atoms with Gasteiger partial charge in [0.15, 0.2) is 0 Å². The molecule has 0 unspecified atom stereocenters. The van der Waals surface area contributed by atoms with Crippen molar-refractivity contribution < 1.29 is 4.79 Å². The molecule has 1 saturated heterocycles. The molecule has 0 spiro atoms. The Morgan fingerprint density at radius 3 is 2.78 bits per heavy atom. The highest BCUT2D eigenvalue weighted by Gasteiger charge is 2.26. The largest absolute Gasteiger partial charge is 0.335 e. The number of aromatic nitrogens is 2. The van der Waals surface area contributed by atoms with Crippen molar-refractivity contribution >= 4 is 5.91 Å². The first-order valence-corrected chi connectivity index (χ1v) is 6.75. The van der Waals surface area contributed by atoms with E-state index < -0.39 is 0 Å². The molecular weight excluding hydrogens is 228 g/mol. The first-order valence-electron chi connectivity index (χ1n) is 6.75. The summed E-state index contributed by atoms with van der Waals surface area (Å²) in [5.41, 5.74) is 1.57. The number of carbonyl (C=O) groups is 1. The number of hydrogen-bond acceptors (Lipinski definition) is 3. The van der Waals surface area contributed by atoms with Gasteiger partial charge in [0.25, 0.3) is 5.91 Å². The van der Waals surface area contributed by atoms with E-state index >= 15 is 0 Å². The van der Waals surface area contributed by atoms with Crippen molar-refractivity contribution in [2.24, 2.45) is 0 Å². The van der Waals surface area contributed by atoms with Crippen molar-refractivity contribution in [3.05, 3.63) is 17.5 Å². The summed E-state index contributed by atoms with van der Waals surface area (Å²) in [5, 5.41) is 10.1. The van der Waals surface area contributed by atoms with Crippen LogP contribution in [0, 0.1) is 6.92 Å². The van der Waals surface area contributed by atoms with Gasteiger partial charge in [-0.3, -0.25) is 9.89 Å². The Balaban J connectivity index is 2.13. The summed E-state index contributed by atoms with van der Waals surface area (Å²) in [7, 11) is 0. The molecule has 18 heavy (non-hydrogen) atoms. The zero-order valence-corrected chi connectivity index (χ0v) is 11.2. The lowest BCUT2D eigenvalue weighted by Gasteiger charge is -2.34. The highest BCUT2D eigenvalue weighted by molar-refractivity contribution is 5.95. The topological polar surface area (TPSA) is 61.0 Å². The van der Waals surface area contributed by atoms with Gasteiger partial charge in [0.2, 0.25) is 0 Å². The number of amides is 1. The number of carbonyl (C=O) groups excluding carboxylic acids is 1. The third-order valence-electron chi connectivity index (χ3n) is 3.54. The van der Waals surface area contributed by atoms with E-state index in [2.05, 4.69) is 22.4 Å². The third kappa shape index (κ3) is 2.72. The van der Waals surface area contributed by atoms with E-state index in [4.69, 9.17) is 0 Å². The minimum atomic E-state index is 0.120. The van der Waals surface area contributed by atoms with Crippen LogP contribution < -0.4 is 5.32 Å². The van der Waals surface area contributed by atoms with Crippen molar-refractivity contribution in [3.63, 3.8) is 0 Å². The molecule has 1 aromatic heterocycles. The lowest BCUT2D eigenvalue weighted by Crippen LogP contribution is -2.46. The van der Waals surface area contributed by atoms with E-state index in [1.54, 1.807) is 6.20 Å². The van der Waals surface area contributed by atoms with E-state index in [-0.39, 0.29) is 5.91 Å². The molecule has 5 nitrogen and oxygen atoms in total. The van der Waals surface area contributed by atoms with Crippen LogP contribution in [0.3, 0.4) is 0 Å². The number of hydrogen-bond donors (Lipinski definition) is 2. The summed E-state index contributed by atoms with van der Waals surface area (Å²) < 4.78 is 0. The normalized spacial score (nSPS) is 16.8. The average Bonchev–Trinajstić information content (AvgIpc) is 2.82. The van der Waals surface area contributed by atoms with E-state index in [1.165, 1.54) is 0 Å². The number of rotatable bonds is 4. The second-order valence-electron chi connectivity index (χ2n) is 4.89. The summed E-state index contributed by atoms with van der Waals surface area (Å²) in [5.74, 6) is 0.120. The molecule has 1 fully saturated rings. The Morgan fingerprint density at radius 2 is 2.22 bits per heavy atom. The molecule has 0 saturated carbocycles. The molecule has 0 atom stereocenters. The summed E-state index contributed by atoms with van der Waals surface area (Å²) in [6.07, 6.45) is 4.72. The van der Waals surface area contributed by atoms with Crippen molar-refractivity contribution in [2.45, 2.75) is 39.2 Å². The second-order valence-corrected chi connectivity index (χ2v) is 4.89. The Bertz CT molecular complexity index is 395. The maximum atomic E-state index is 12.6. The Morgan fingerprint density at radius 1 is 1.50 bits per heavy atom. The van der Waals surface area contributed by atoms with Crippen LogP contribution in [0.5, 0.6) is 0 Å². The molecule has 0 aromatic carbocycles. The van der Waals surface area contributed by atoms with Gasteiger partial charge >= 0.3 is 0 Å². The first kappa shape index (κ1) is 13.1. The standard InChI is InChI=1S/C13H22N4O/c1-3-8-17(11-4-6-14-7-5-11)13(18)12-9-15-16-10(12)2/h9,11,14H,3-8H2,1-2H3,(H,15,16). The Labute approximate surface area is 108 Å². The fourth-order valence-corrected chi connectivity index (χ4v) is 2.53. The van der Waals surface area contributed by atoms with Crippen LogP contribution in [-0.2, 0) is 0 Å². The van der Waals surface area contributed by atoms with Crippen LogP contribution in [0.4, 0.5) is 0 Å². The molecule has 1 amide bonds. The van der Waals surface area contributed by atoms with E-state index in [0.717, 1.165) is 44.6 Å². The number of H-pyrrole nitrogens is 1. The first-order chi connectivity index (χ1) is 8.74. The number of nitrogens with zero attached hydrogens (tertiary/aromatic N) is 2. The van der Waals surface area contributed by atoms with Gasteiger partial charge < -0.3 is 10.2 Å². The maximum absolute atomic E-state index is 12.6. The number of aromatic amines is 1. The summed E-state index contributed by atoms with van der Waals surface area (Å²) in [6.45, 7) is 6.84. The summed E-state index contributed by atoms with van der Waals surface area (Å²) in [6, 6.07) is 0.369. The molecule has 0 bridgehead atoms. The molecule has 5 heteroatoms. The molecule has 2 N–H and O–H groups in total. The Hall–Kier alpha value is -1.36. The number of piperidine rings is 1. The van der Waals surface area contributed by atoms with Crippen LogP contribution in [0.15, 0.2) is 6.20 Å². The van der Waals surface area contributed by atoms with E-state index in [9.17, 15) is 4.79 Å². The third-order valence-corrected chi connectivity index (χ3v) is 3.54. The molecule has 1 aromatic rings. The van der Waals surface area contributed by atoms with Gasteiger partial charge in [-0.2, -0.15) is 5.10 Å². The van der Waals surface area contributed by atoms with Gasteiger partial charge in [0.05, 0.1) is 11.8 Å². The minimum absolute atomic E-state index is 0.120. The molecule has 100 valence electrons. The van der Waals surface area contributed by atoms with Crippen LogP contribution in [0.2, 0.25) is 0 Å². The SMILES string of the molecule is CCCN(C(=O)c1cn[nH]c1C)C1CCNCC1. The van der Waals surface area contributed by atoms with E-state index in [1.807, 2.05) is 11.8 Å². The molecule has 2 rings (SSSR count). The molecular formula is C13H22N4O.